The minimum absolute atomic E-state index is 0.307. The second kappa shape index (κ2) is 6.05. The standard InChI is InChI=1S/C13H19N5/c1-3-14-13-9-12(5-7-15-13)17-11(2)10-18-8-4-6-16-18/h4-9,11H,3,10H2,1-2H3,(H2,14,15,17). The average molecular weight is 245 g/mol. The van der Waals surface area contributed by atoms with Crippen molar-refractivity contribution in [2.75, 3.05) is 17.2 Å². The maximum atomic E-state index is 4.24. The van der Waals surface area contributed by atoms with Crippen LogP contribution in [0.1, 0.15) is 13.8 Å². The summed E-state index contributed by atoms with van der Waals surface area (Å²) >= 11 is 0. The first-order valence-electron chi connectivity index (χ1n) is 6.22. The molecule has 2 N–H and O–H groups in total. The van der Waals surface area contributed by atoms with E-state index in [1.54, 1.807) is 12.4 Å². The summed E-state index contributed by atoms with van der Waals surface area (Å²) in [6.45, 7) is 5.91. The summed E-state index contributed by atoms with van der Waals surface area (Å²) in [7, 11) is 0. The van der Waals surface area contributed by atoms with Gasteiger partial charge >= 0.3 is 0 Å². The van der Waals surface area contributed by atoms with Crippen LogP contribution < -0.4 is 10.6 Å². The molecule has 1 atom stereocenters. The normalized spacial score (nSPS) is 12.1. The molecule has 0 saturated heterocycles. The Morgan fingerprint density at radius 2 is 2.28 bits per heavy atom. The van der Waals surface area contributed by atoms with E-state index in [4.69, 9.17) is 0 Å². The number of nitrogens with zero attached hydrogens (tertiary/aromatic N) is 3. The summed E-state index contributed by atoms with van der Waals surface area (Å²) in [5, 5.41) is 10.8. The molecule has 2 aromatic rings. The predicted molar refractivity (Wildman–Crippen MR) is 73.7 cm³/mol. The Balaban J connectivity index is 1.93. The molecule has 0 aliphatic carbocycles. The summed E-state index contributed by atoms with van der Waals surface area (Å²) in [5.74, 6) is 0.897. The monoisotopic (exact) mass is 245 g/mol. The minimum Gasteiger partial charge on any atom is -0.381 e. The quantitative estimate of drug-likeness (QED) is 0.819. The van der Waals surface area contributed by atoms with Gasteiger partial charge < -0.3 is 10.6 Å². The first-order valence-corrected chi connectivity index (χ1v) is 6.22. The van der Waals surface area contributed by atoms with E-state index in [-0.39, 0.29) is 0 Å². The Kier molecular flexibility index (Phi) is 4.17. The molecule has 5 nitrogen and oxygen atoms in total. The van der Waals surface area contributed by atoms with E-state index in [2.05, 4.69) is 34.6 Å². The van der Waals surface area contributed by atoms with Gasteiger partial charge in [0.2, 0.25) is 0 Å². The summed E-state index contributed by atoms with van der Waals surface area (Å²) in [4.78, 5) is 4.24. The number of nitrogens with one attached hydrogen (secondary N) is 2. The van der Waals surface area contributed by atoms with E-state index in [0.29, 0.717) is 6.04 Å². The molecule has 0 radical (unpaired) electrons. The third-order valence-electron chi connectivity index (χ3n) is 2.55. The van der Waals surface area contributed by atoms with E-state index in [0.717, 1.165) is 24.6 Å². The van der Waals surface area contributed by atoms with Gasteiger partial charge in [0.1, 0.15) is 5.82 Å². The largest absolute Gasteiger partial charge is 0.381 e. The summed E-state index contributed by atoms with van der Waals surface area (Å²) in [5.41, 5.74) is 1.07. The van der Waals surface area contributed by atoms with Crippen molar-refractivity contribution in [3.05, 3.63) is 36.8 Å². The number of aromatic nitrogens is 3. The van der Waals surface area contributed by atoms with Crippen LogP contribution in [0.5, 0.6) is 0 Å². The molecule has 0 aliphatic heterocycles. The lowest BCUT2D eigenvalue weighted by Crippen LogP contribution is -2.22. The Labute approximate surface area is 107 Å². The van der Waals surface area contributed by atoms with Crippen LogP contribution >= 0.6 is 0 Å². The van der Waals surface area contributed by atoms with Gasteiger partial charge in [0, 0.05) is 42.9 Å². The molecule has 5 heteroatoms. The molecule has 96 valence electrons. The Morgan fingerprint density at radius 3 is 3.00 bits per heavy atom. The molecular weight excluding hydrogens is 226 g/mol. The molecule has 18 heavy (non-hydrogen) atoms. The average Bonchev–Trinajstić information content (AvgIpc) is 2.82. The van der Waals surface area contributed by atoms with Gasteiger partial charge in [-0.3, -0.25) is 4.68 Å². The topological polar surface area (TPSA) is 54.8 Å². The Hall–Kier alpha value is -2.04. The Morgan fingerprint density at radius 1 is 1.39 bits per heavy atom. The fraction of sp³-hybridized carbons (Fsp3) is 0.385. The smallest absolute Gasteiger partial charge is 0.127 e. The van der Waals surface area contributed by atoms with Crippen LogP contribution in [0.2, 0.25) is 0 Å². The van der Waals surface area contributed by atoms with Crippen LogP contribution in [-0.2, 0) is 6.54 Å². The highest BCUT2D eigenvalue weighted by atomic mass is 15.3. The van der Waals surface area contributed by atoms with E-state index < -0.39 is 0 Å². The van der Waals surface area contributed by atoms with Crippen LogP contribution in [0.15, 0.2) is 36.8 Å². The zero-order valence-electron chi connectivity index (χ0n) is 10.8. The van der Waals surface area contributed by atoms with Gasteiger partial charge in [0.05, 0.1) is 6.54 Å². The van der Waals surface area contributed by atoms with Gasteiger partial charge in [0.15, 0.2) is 0 Å². The second-order valence-electron chi connectivity index (χ2n) is 4.23. The number of hydrogen-bond donors (Lipinski definition) is 2. The van der Waals surface area contributed by atoms with Crippen LogP contribution in [-0.4, -0.2) is 27.4 Å². The third kappa shape index (κ3) is 3.48. The van der Waals surface area contributed by atoms with Crippen molar-refractivity contribution < 1.29 is 0 Å². The molecule has 0 aliphatic rings. The molecule has 0 fully saturated rings. The second-order valence-corrected chi connectivity index (χ2v) is 4.23. The molecule has 0 bridgehead atoms. The molecule has 2 aromatic heterocycles. The van der Waals surface area contributed by atoms with Gasteiger partial charge in [-0.15, -0.1) is 0 Å². The first kappa shape index (κ1) is 12.4. The van der Waals surface area contributed by atoms with Crippen molar-refractivity contribution in [2.24, 2.45) is 0 Å². The van der Waals surface area contributed by atoms with Crippen LogP contribution in [0.4, 0.5) is 11.5 Å². The van der Waals surface area contributed by atoms with Gasteiger partial charge in [-0.25, -0.2) is 4.98 Å². The fourth-order valence-corrected chi connectivity index (χ4v) is 1.82. The van der Waals surface area contributed by atoms with Gasteiger partial charge in [0.25, 0.3) is 0 Å². The highest BCUT2D eigenvalue weighted by molar-refractivity contribution is 5.52. The van der Waals surface area contributed by atoms with Crippen molar-refractivity contribution in [1.82, 2.24) is 14.8 Å². The van der Waals surface area contributed by atoms with Crippen molar-refractivity contribution in [3.8, 4) is 0 Å². The number of pyridine rings is 1. The molecule has 0 aromatic carbocycles. The van der Waals surface area contributed by atoms with Crippen LogP contribution in [0.3, 0.4) is 0 Å². The van der Waals surface area contributed by atoms with Crippen LogP contribution in [0.25, 0.3) is 0 Å². The van der Waals surface area contributed by atoms with E-state index in [1.807, 2.05) is 29.1 Å². The summed E-state index contributed by atoms with van der Waals surface area (Å²) in [6, 6.07) is 6.23. The SMILES string of the molecule is CCNc1cc(NC(C)Cn2cccn2)ccn1. The van der Waals surface area contributed by atoms with Crippen molar-refractivity contribution in [3.63, 3.8) is 0 Å². The minimum atomic E-state index is 0.307. The highest BCUT2D eigenvalue weighted by Gasteiger charge is 2.04. The molecular formula is C13H19N5. The zero-order valence-corrected chi connectivity index (χ0v) is 10.8. The van der Waals surface area contributed by atoms with E-state index in [1.165, 1.54) is 0 Å². The number of anilines is 2. The van der Waals surface area contributed by atoms with Crippen molar-refractivity contribution >= 4 is 11.5 Å². The van der Waals surface area contributed by atoms with E-state index >= 15 is 0 Å². The molecule has 2 heterocycles. The summed E-state index contributed by atoms with van der Waals surface area (Å²) in [6.07, 6.45) is 5.57. The molecule has 0 spiro atoms. The summed E-state index contributed by atoms with van der Waals surface area (Å²) < 4.78 is 1.92. The highest BCUT2D eigenvalue weighted by Crippen LogP contribution is 2.13. The third-order valence-corrected chi connectivity index (χ3v) is 2.55. The Bertz CT molecular complexity index is 466. The number of hydrogen-bond acceptors (Lipinski definition) is 4. The van der Waals surface area contributed by atoms with Crippen molar-refractivity contribution in [1.29, 1.82) is 0 Å². The maximum absolute atomic E-state index is 4.24. The zero-order chi connectivity index (χ0) is 12.8. The first-order chi connectivity index (χ1) is 8.78. The van der Waals surface area contributed by atoms with Gasteiger partial charge in [-0.2, -0.15) is 5.10 Å². The lowest BCUT2D eigenvalue weighted by atomic mass is 10.3. The molecule has 2 rings (SSSR count). The molecule has 0 saturated carbocycles. The number of rotatable bonds is 6. The van der Waals surface area contributed by atoms with Gasteiger partial charge in [-0.05, 0) is 26.0 Å². The van der Waals surface area contributed by atoms with Crippen LogP contribution in [0, 0.1) is 0 Å². The van der Waals surface area contributed by atoms with Gasteiger partial charge in [-0.1, -0.05) is 0 Å². The maximum Gasteiger partial charge on any atom is 0.127 e. The van der Waals surface area contributed by atoms with Crippen molar-refractivity contribution in [2.45, 2.75) is 26.4 Å². The predicted octanol–water partition coefficient (Wildman–Crippen LogP) is 2.21. The lowest BCUT2D eigenvalue weighted by molar-refractivity contribution is 0.561. The lowest BCUT2D eigenvalue weighted by Gasteiger charge is -2.15. The fourth-order valence-electron chi connectivity index (χ4n) is 1.82. The molecule has 1 unspecified atom stereocenters. The van der Waals surface area contributed by atoms with E-state index in [9.17, 15) is 0 Å². The molecule has 0 amide bonds.